The number of aromatic nitrogens is 3. The summed E-state index contributed by atoms with van der Waals surface area (Å²) in [6.07, 6.45) is 3.70. The fraction of sp³-hybridized carbons (Fsp3) is 0.800. The molecule has 0 aromatic carbocycles. The van der Waals surface area contributed by atoms with Gasteiger partial charge in [-0.05, 0) is 19.3 Å². The van der Waals surface area contributed by atoms with Crippen molar-refractivity contribution in [1.82, 2.24) is 14.8 Å². The molecule has 0 N–H and O–H groups in total. The number of nitrogens with zero attached hydrogens (tertiary/aromatic N) is 3. The molecule has 2 rings (SSSR count). The SMILES string of the molecule is CCC(C)c1nc(C2CC2)nn1C. The fourth-order valence-electron chi connectivity index (χ4n) is 1.54. The summed E-state index contributed by atoms with van der Waals surface area (Å²) < 4.78 is 1.95. The zero-order valence-corrected chi connectivity index (χ0v) is 8.62. The van der Waals surface area contributed by atoms with E-state index in [-0.39, 0.29) is 0 Å². The molecule has 0 spiro atoms. The second kappa shape index (κ2) is 3.13. The Morgan fingerprint density at radius 2 is 2.23 bits per heavy atom. The van der Waals surface area contributed by atoms with Gasteiger partial charge in [-0.25, -0.2) is 4.98 Å². The largest absolute Gasteiger partial charge is 0.253 e. The van der Waals surface area contributed by atoms with Crippen LogP contribution in [0.4, 0.5) is 0 Å². The van der Waals surface area contributed by atoms with Crippen molar-refractivity contribution in [3.63, 3.8) is 0 Å². The van der Waals surface area contributed by atoms with Crippen LogP contribution in [0, 0.1) is 0 Å². The van der Waals surface area contributed by atoms with Crippen LogP contribution in [0.25, 0.3) is 0 Å². The first-order valence-corrected chi connectivity index (χ1v) is 5.13. The normalized spacial score (nSPS) is 19.0. The van der Waals surface area contributed by atoms with Gasteiger partial charge in [-0.1, -0.05) is 13.8 Å². The van der Waals surface area contributed by atoms with Crippen LogP contribution in [0.5, 0.6) is 0 Å². The molecular formula is C10H17N3. The van der Waals surface area contributed by atoms with Crippen molar-refractivity contribution in [1.29, 1.82) is 0 Å². The van der Waals surface area contributed by atoms with Crippen LogP contribution >= 0.6 is 0 Å². The minimum atomic E-state index is 0.532. The predicted molar refractivity (Wildman–Crippen MR) is 51.7 cm³/mol. The van der Waals surface area contributed by atoms with Gasteiger partial charge in [0.05, 0.1) is 0 Å². The van der Waals surface area contributed by atoms with Crippen LogP contribution in [0.15, 0.2) is 0 Å². The zero-order valence-electron chi connectivity index (χ0n) is 8.62. The van der Waals surface area contributed by atoms with Crippen LogP contribution in [0.1, 0.15) is 56.6 Å². The molecule has 1 atom stereocenters. The molecule has 1 heterocycles. The third-order valence-electron chi connectivity index (χ3n) is 2.81. The van der Waals surface area contributed by atoms with E-state index in [2.05, 4.69) is 23.9 Å². The summed E-state index contributed by atoms with van der Waals surface area (Å²) in [5.74, 6) is 3.41. The standard InChI is InChI=1S/C10H17N3/c1-4-7(2)10-11-9(8-5-6-8)12-13(10)3/h7-8H,4-6H2,1-3H3. The minimum absolute atomic E-state index is 0.532. The Kier molecular flexibility index (Phi) is 2.10. The lowest BCUT2D eigenvalue weighted by Gasteiger charge is -2.05. The molecule has 72 valence electrons. The van der Waals surface area contributed by atoms with Crippen LogP contribution in [-0.4, -0.2) is 14.8 Å². The average molecular weight is 179 g/mol. The number of rotatable bonds is 3. The zero-order chi connectivity index (χ0) is 9.42. The molecule has 1 aromatic heterocycles. The van der Waals surface area contributed by atoms with Gasteiger partial charge in [-0.15, -0.1) is 0 Å². The third-order valence-corrected chi connectivity index (χ3v) is 2.81. The lowest BCUT2D eigenvalue weighted by Crippen LogP contribution is -2.02. The van der Waals surface area contributed by atoms with Gasteiger partial charge in [0.1, 0.15) is 5.82 Å². The summed E-state index contributed by atoms with van der Waals surface area (Å²) in [5, 5.41) is 4.45. The second-order valence-electron chi connectivity index (χ2n) is 4.04. The smallest absolute Gasteiger partial charge is 0.154 e. The maximum atomic E-state index is 4.59. The van der Waals surface area contributed by atoms with Gasteiger partial charge >= 0.3 is 0 Å². The second-order valence-corrected chi connectivity index (χ2v) is 4.04. The van der Waals surface area contributed by atoms with Gasteiger partial charge in [0, 0.05) is 18.9 Å². The summed E-state index contributed by atoms with van der Waals surface area (Å²) in [4.78, 5) is 4.59. The molecule has 3 heteroatoms. The lowest BCUT2D eigenvalue weighted by molar-refractivity contribution is 0.608. The summed E-state index contributed by atoms with van der Waals surface area (Å²) in [7, 11) is 2.00. The molecule has 0 aliphatic heterocycles. The quantitative estimate of drug-likeness (QED) is 0.712. The van der Waals surface area contributed by atoms with Crippen molar-refractivity contribution in [2.24, 2.45) is 7.05 Å². The topological polar surface area (TPSA) is 30.7 Å². The van der Waals surface area contributed by atoms with Gasteiger partial charge in [-0.2, -0.15) is 5.10 Å². The first kappa shape index (κ1) is 8.73. The minimum Gasteiger partial charge on any atom is -0.253 e. The van der Waals surface area contributed by atoms with Gasteiger partial charge in [0.2, 0.25) is 0 Å². The number of hydrogen-bond acceptors (Lipinski definition) is 2. The third kappa shape index (κ3) is 1.60. The molecule has 1 unspecified atom stereocenters. The highest BCUT2D eigenvalue weighted by Gasteiger charge is 2.29. The van der Waals surface area contributed by atoms with E-state index in [0.717, 1.165) is 18.1 Å². The van der Waals surface area contributed by atoms with Crippen molar-refractivity contribution in [3.8, 4) is 0 Å². The van der Waals surface area contributed by atoms with Gasteiger partial charge in [0.25, 0.3) is 0 Å². The Hall–Kier alpha value is -0.860. The summed E-state index contributed by atoms with van der Waals surface area (Å²) in [5.41, 5.74) is 0. The molecule has 13 heavy (non-hydrogen) atoms. The van der Waals surface area contributed by atoms with E-state index in [1.807, 2.05) is 11.7 Å². The average Bonchev–Trinajstić information content (AvgIpc) is 2.89. The maximum absolute atomic E-state index is 4.59. The Labute approximate surface area is 79.2 Å². The highest BCUT2D eigenvalue weighted by molar-refractivity contribution is 5.07. The summed E-state index contributed by atoms with van der Waals surface area (Å²) >= 11 is 0. The predicted octanol–water partition coefficient (Wildman–Crippen LogP) is 2.21. The molecule has 1 aliphatic rings. The highest BCUT2D eigenvalue weighted by Crippen LogP contribution is 2.38. The number of aryl methyl sites for hydroxylation is 1. The highest BCUT2D eigenvalue weighted by atomic mass is 15.3. The van der Waals surface area contributed by atoms with E-state index in [9.17, 15) is 0 Å². The summed E-state index contributed by atoms with van der Waals surface area (Å²) in [6.45, 7) is 4.40. The van der Waals surface area contributed by atoms with E-state index >= 15 is 0 Å². The van der Waals surface area contributed by atoms with Gasteiger partial charge in [0.15, 0.2) is 5.82 Å². The molecule has 3 nitrogen and oxygen atoms in total. The summed E-state index contributed by atoms with van der Waals surface area (Å²) in [6, 6.07) is 0. The van der Waals surface area contributed by atoms with E-state index in [4.69, 9.17) is 0 Å². The maximum Gasteiger partial charge on any atom is 0.154 e. The molecule has 1 aromatic rings. The molecule has 1 aliphatic carbocycles. The van der Waals surface area contributed by atoms with Crippen LogP contribution in [0.2, 0.25) is 0 Å². The van der Waals surface area contributed by atoms with Gasteiger partial charge in [-0.3, -0.25) is 4.68 Å². The molecule has 0 radical (unpaired) electrons. The Morgan fingerprint density at radius 3 is 2.77 bits per heavy atom. The van der Waals surface area contributed by atoms with Crippen molar-refractivity contribution < 1.29 is 0 Å². The van der Waals surface area contributed by atoms with E-state index in [0.29, 0.717) is 11.8 Å². The van der Waals surface area contributed by atoms with Crippen LogP contribution in [-0.2, 0) is 7.05 Å². The monoisotopic (exact) mass is 179 g/mol. The van der Waals surface area contributed by atoms with Crippen molar-refractivity contribution in [2.75, 3.05) is 0 Å². The molecule has 0 saturated heterocycles. The lowest BCUT2D eigenvalue weighted by atomic mass is 10.1. The Morgan fingerprint density at radius 1 is 1.54 bits per heavy atom. The van der Waals surface area contributed by atoms with E-state index < -0.39 is 0 Å². The first-order valence-electron chi connectivity index (χ1n) is 5.13. The Bertz CT molecular complexity index is 299. The Balaban J connectivity index is 2.24. The van der Waals surface area contributed by atoms with Crippen LogP contribution in [0.3, 0.4) is 0 Å². The van der Waals surface area contributed by atoms with Crippen molar-refractivity contribution in [3.05, 3.63) is 11.6 Å². The fourth-order valence-corrected chi connectivity index (χ4v) is 1.54. The molecule has 1 saturated carbocycles. The van der Waals surface area contributed by atoms with E-state index in [1.54, 1.807) is 0 Å². The molecule has 0 bridgehead atoms. The molecule has 0 amide bonds. The molecule has 1 fully saturated rings. The van der Waals surface area contributed by atoms with Crippen molar-refractivity contribution >= 4 is 0 Å². The van der Waals surface area contributed by atoms with E-state index in [1.165, 1.54) is 12.8 Å². The van der Waals surface area contributed by atoms with Crippen molar-refractivity contribution in [2.45, 2.75) is 44.9 Å². The molecular weight excluding hydrogens is 162 g/mol. The van der Waals surface area contributed by atoms with Gasteiger partial charge < -0.3 is 0 Å². The first-order chi connectivity index (χ1) is 6.22. The number of hydrogen-bond donors (Lipinski definition) is 0. The van der Waals surface area contributed by atoms with Crippen LogP contribution < -0.4 is 0 Å².